The van der Waals surface area contributed by atoms with Crippen LogP contribution in [-0.2, 0) is 0 Å². The molecule has 3 nitrogen and oxygen atoms in total. The minimum Gasteiger partial charge on any atom is -0.485 e. The highest BCUT2D eigenvalue weighted by Crippen LogP contribution is 2.24. The highest BCUT2D eigenvalue weighted by Gasteiger charge is 2.14. The maximum Gasteiger partial charge on any atom is 0.191 e. The molecule has 5 heteroatoms. The molecule has 1 aromatic rings. The Labute approximate surface area is 86.5 Å². The minimum atomic E-state index is -0.927. The van der Waals surface area contributed by atoms with E-state index in [1.165, 1.54) is 13.0 Å². The highest BCUT2D eigenvalue weighted by atomic mass is 19.1. The molecular weight excluding hydrogens is 204 g/mol. The zero-order chi connectivity index (χ0) is 11.4. The van der Waals surface area contributed by atoms with Crippen LogP contribution in [0, 0.1) is 18.6 Å². The number of ether oxygens (including phenoxy) is 1. The number of benzene rings is 1. The summed E-state index contributed by atoms with van der Waals surface area (Å²) >= 11 is 0. The maximum atomic E-state index is 13.3. The summed E-state index contributed by atoms with van der Waals surface area (Å²) in [6, 6.07) is 2.43. The molecule has 0 saturated carbocycles. The van der Waals surface area contributed by atoms with Gasteiger partial charge in [0.1, 0.15) is 12.7 Å². The Bertz CT molecular complexity index is 344. The van der Waals surface area contributed by atoms with Crippen molar-refractivity contribution in [2.45, 2.75) is 13.0 Å². The third kappa shape index (κ3) is 2.87. The largest absolute Gasteiger partial charge is 0.485 e. The number of aryl methyl sites for hydroxylation is 1. The van der Waals surface area contributed by atoms with Gasteiger partial charge in [0.05, 0.1) is 0 Å². The number of aliphatic hydroxyl groups excluding tert-OH is 1. The first-order valence-electron chi connectivity index (χ1n) is 4.51. The van der Waals surface area contributed by atoms with E-state index in [0.29, 0.717) is 0 Å². The van der Waals surface area contributed by atoms with Gasteiger partial charge < -0.3 is 15.6 Å². The first kappa shape index (κ1) is 11.9. The molecule has 0 amide bonds. The fraction of sp³-hybridized carbons (Fsp3) is 0.400. The van der Waals surface area contributed by atoms with Crippen molar-refractivity contribution in [3.05, 3.63) is 29.3 Å². The first-order chi connectivity index (χ1) is 7.06. The number of aliphatic hydroxyl groups is 1. The van der Waals surface area contributed by atoms with E-state index in [4.69, 9.17) is 15.6 Å². The molecule has 3 N–H and O–H groups in total. The van der Waals surface area contributed by atoms with Gasteiger partial charge in [-0.25, -0.2) is 8.78 Å². The molecule has 1 atom stereocenters. The van der Waals surface area contributed by atoms with Crippen molar-refractivity contribution in [3.63, 3.8) is 0 Å². The lowest BCUT2D eigenvalue weighted by molar-refractivity contribution is 0.109. The fourth-order valence-corrected chi connectivity index (χ4v) is 1.01. The molecular formula is C10H13F2NO2. The molecule has 0 heterocycles. The van der Waals surface area contributed by atoms with Crippen molar-refractivity contribution in [2.75, 3.05) is 13.2 Å². The second kappa shape index (κ2) is 5.04. The summed E-state index contributed by atoms with van der Waals surface area (Å²) in [5.74, 6) is -2.01. The van der Waals surface area contributed by atoms with Gasteiger partial charge in [-0.1, -0.05) is 6.07 Å². The molecule has 1 aromatic carbocycles. The average molecular weight is 217 g/mol. The van der Waals surface area contributed by atoms with Gasteiger partial charge in [0.15, 0.2) is 17.4 Å². The third-order valence-electron chi connectivity index (χ3n) is 1.93. The topological polar surface area (TPSA) is 55.5 Å². The van der Waals surface area contributed by atoms with E-state index in [1.807, 2.05) is 0 Å². The van der Waals surface area contributed by atoms with E-state index in [0.717, 1.165) is 6.07 Å². The van der Waals surface area contributed by atoms with E-state index in [9.17, 15) is 8.78 Å². The Balaban J connectivity index is 2.80. The Morgan fingerprint density at radius 2 is 2.13 bits per heavy atom. The van der Waals surface area contributed by atoms with Crippen LogP contribution in [0.3, 0.4) is 0 Å². The van der Waals surface area contributed by atoms with Crippen LogP contribution >= 0.6 is 0 Å². The molecule has 84 valence electrons. The van der Waals surface area contributed by atoms with Crippen LogP contribution in [0.2, 0.25) is 0 Å². The second-order valence-electron chi connectivity index (χ2n) is 3.21. The van der Waals surface area contributed by atoms with Crippen LogP contribution in [0.1, 0.15) is 5.56 Å². The standard InChI is InChI=1S/C10H13F2NO2/c1-6-2-3-8(11)10(9(6)12)15-5-7(14)4-13/h2-3,7,14H,4-5,13H2,1H3. The molecule has 0 radical (unpaired) electrons. The Kier molecular flexibility index (Phi) is 3.99. The van der Waals surface area contributed by atoms with Gasteiger partial charge in [-0.15, -0.1) is 0 Å². The summed E-state index contributed by atoms with van der Waals surface area (Å²) in [7, 11) is 0. The van der Waals surface area contributed by atoms with Crippen molar-refractivity contribution < 1.29 is 18.6 Å². The molecule has 1 rings (SSSR count). The van der Waals surface area contributed by atoms with Gasteiger partial charge >= 0.3 is 0 Å². The minimum absolute atomic E-state index is 0.0188. The smallest absolute Gasteiger partial charge is 0.191 e. The predicted octanol–water partition coefficient (Wildman–Crippen LogP) is 0.972. The van der Waals surface area contributed by atoms with Crippen molar-refractivity contribution in [2.24, 2.45) is 5.73 Å². The first-order valence-corrected chi connectivity index (χ1v) is 4.51. The summed E-state index contributed by atoms with van der Waals surface area (Å²) < 4.78 is 31.3. The number of rotatable bonds is 4. The van der Waals surface area contributed by atoms with Crippen molar-refractivity contribution in [1.82, 2.24) is 0 Å². The zero-order valence-corrected chi connectivity index (χ0v) is 8.34. The number of hydrogen-bond donors (Lipinski definition) is 2. The third-order valence-corrected chi connectivity index (χ3v) is 1.93. The summed E-state index contributed by atoms with van der Waals surface area (Å²) in [5.41, 5.74) is 5.41. The maximum absolute atomic E-state index is 13.3. The summed E-state index contributed by atoms with van der Waals surface area (Å²) in [5, 5.41) is 9.08. The molecule has 0 saturated heterocycles. The Morgan fingerprint density at radius 3 is 2.73 bits per heavy atom. The van der Waals surface area contributed by atoms with Crippen LogP contribution in [0.4, 0.5) is 8.78 Å². The van der Waals surface area contributed by atoms with Gasteiger partial charge in [-0.2, -0.15) is 0 Å². The lowest BCUT2D eigenvalue weighted by atomic mass is 10.2. The number of hydrogen-bond acceptors (Lipinski definition) is 3. The van der Waals surface area contributed by atoms with Crippen molar-refractivity contribution in [3.8, 4) is 5.75 Å². The van der Waals surface area contributed by atoms with E-state index in [2.05, 4.69) is 0 Å². The molecule has 0 aliphatic rings. The Morgan fingerprint density at radius 1 is 1.47 bits per heavy atom. The monoisotopic (exact) mass is 217 g/mol. The molecule has 0 aliphatic heterocycles. The zero-order valence-electron chi connectivity index (χ0n) is 8.34. The molecule has 0 fully saturated rings. The van der Waals surface area contributed by atoms with Crippen molar-refractivity contribution in [1.29, 1.82) is 0 Å². The number of halogens is 2. The molecule has 0 spiro atoms. The fourth-order valence-electron chi connectivity index (χ4n) is 1.01. The second-order valence-corrected chi connectivity index (χ2v) is 3.21. The highest BCUT2D eigenvalue weighted by molar-refractivity contribution is 5.31. The van der Waals surface area contributed by atoms with Crippen LogP contribution < -0.4 is 10.5 Å². The quantitative estimate of drug-likeness (QED) is 0.790. The van der Waals surface area contributed by atoms with Gasteiger partial charge in [0.25, 0.3) is 0 Å². The predicted molar refractivity (Wildman–Crippen MR) is 51.7 cm³/mol. The summed E-state index contributed by atoms with van der Waals surface area (Å²) in [6.07, 6.45) is -0.927. The molecule has 1 unspecified atom stereocenters. The summed E-state index contributed by atoms with van der Waals surface area (Å²) in [6.45, 7) is 1.25. The molecule has 0 aliphatic carbocycles. The van der Waals surface area contributed by atoms with Crippen LogP contribution in [0.25, 0.3) is 0 Å². The van der Waals surface area contributed by atoms with Gasteiger partial charge in [-0.3, -0.25) is 0 Å². The van der Waals surface area contributed by atoms with Gasteiger partial charge in [0, 0.05) is 6.54 Å². The van der Waals surface area contributed by atoms with E-state index < -0.39 is 23.5 Å². The molecule has 0 aromatic heterocycles. The lowest BCUT2D eigenvalue weighted by Crippen LogP contribution is -2.27. The molecule has 0 bridgehead atoms. The Hall–Kier alpha value is -1.20. The average Bonchev–Trinajstić information content (AvgIpc) is 2.23. The number of nitrogens with two attached hydrogens (primary N) is 1. The van der Waals surface area contributed by atoms with Crippen LogP contribution in [-0.4, -0.2) is 24.4 Å². The van der Waals surface area contributed by atoms with Crippen LogP contribution in [0.15, 0.2) is 12.1 Å². The molecule has 15 heavy (non-hydrogen) atoms. The van der Waals surface area contributed by atoms with Gasteiger partial charge in [0.2, 0.25) is 0 Å². The van der Waals surface area contributed by atoms with E-state index >= 15 is 0 Å². The van der Waals surface area contributed by atoms with Gasteiger partial charge in [-0.05, 0) is 18.6 Å². The van der Waals surface area contributed by atoms with Crippen molar-refractivity contribution >= 4 is 0 Å². The normalized spacial score (nSPS) is 12.6. The summed E-state index contributed by atoms with van der Waals surface area (Å²) in [4.78, 5) is 0. The van der Waals surface area contributed by atoms with E-state index in [1.54, 1.807) is 0 Å². The SMILES string of the molecule is Cc1ccc(F)c(OCC(O)CN)c1F. The lowest BCUT2D eigenvalue weighted by Gasteiger charge is -2.12. The van der Waals surface area contributed by atoms with E-state index in [-0.39, 0.29) is 18.7 Å². The van der Waals surface area contributed by atoms with Crippen LogP contribution in [0.5, 0.6) is 5.75 Å².